The molecule has 35 heavy (non-hydrogen) atoms. The summed E-state index contributed by atoms with van der Waals surface area (Å²) in [6.07, 6.45) is 10.7. The van der Waals surface area contributed by atoms with E-state index in [0.717, 1.165) is 52.0 Å². The molecule has 8 heteroatoms. The Kier molecular flexibility index (Phi) is 5.93. The topological polar surface area (TPSA) is 55.7 Å². The Morgan fingerprint density at radius 3 is 2.86 bits per heavy atom. The Bertz CT molecular complexity index is 1540. The van der Waals surface area contributed by atoms with Crippen molar-refractivity contribution in [2.75, 3.05) is 0 Å². The summed E-state index contributed by atoms with van der Waals surface area (Å²) in [5, 5.41) is 3.02. The van der Waals surface area contributed by atoms with Gasteiger partial charge in [-0.15, -0.1) is 0 Å². The van der Waals surface area contributed by atoms with Gasteiger partial charge in [-0.3, -0.25) is 0 Å². The first-order chi connectivity index (χ1) is 17.1. The third kappa shape index (κ3) is 4.18. The molecular weight excluding hydrogens is 503 g/mol. The lowest BCUT2D eigenvalue weighted by atomic mass is 9.87. The first-order valence-electron chi connectivity index (χ1n) is 11.4. The predicted molar refractivity (Wildman–Crippen MR) is 141 cm³/mol. The molecule has 176 valence electrons. The highest BCUT2D eigenvalue weighted by Crippen LogP contribution is 2.40. The van der Waals surface area contributed by atoms with Gasteiger partial charge >= 0.3 is 0 Å². The number of nitrogens with zero attached hydrogens (tertiary/aromatic N) is 3. The van der Waals surface area contributed by atoms with Crippen molar-refractivity contribution in [3.63, 3.8) is 0 Å². The van der Waals surface area contributed by atoms with Crippen LogP contribution in [0, 0.1) is 0 Å². The number of ether oxygens (including phenoxy) is 1. The number of aromatic amines is 1. The average Bonchev–Trinajstić information content (AvgIpc) is 3.50. The fraction of sp³-hybridized carbons (Fsp3) is 0.185. The van der Waals surface area contributed by atoms with Gasteiger partial charge in [0, 0.05) is 43.8 Å². The van der Waals surface area contributed by atoms with E-state index in [9.17, 15) is 0 Å². The fourth-order valence-corrected chi connectivity index (χ4v) is 5.65. The van der Waals surface area contributed by atoms with Crippen LogP contribution in [0.2, 0.25) is 15.1 Å². The molecule has 3 aromatic heterocycles. The van der Waals surface area contributed by atoms with Crippen LogP contribution in [-0.4, -0.2) is 19.5 Å². The third-order valence-electron chi connectivity index (χ3n) is 6.63. The average molecular weight is 524 g/mol. The highest BCUT2D eigenvalue weighted by atomic mass is 35.5. The highest BCUT2D eigenvalue weighted by Gasteiger charge is 2.25. The zero-order valence-corrected chi connectivity index (χ0v) is 20.9. The summed E-state index contributed by atoms with van der Waals surface area (Å²) in [6.45, 7) is 0.297. The SMILES string of the molecule is Clc1ccc(COc2cc3c(-c4cncn4C4CCCc5c(Cl)cccc54)c[nH]c3cn2)c(Cl)c1. The van der Waals surface area contributed by atoms with Crippen LogP contribution in [0.1, 0.15) is 35.6 Å². The van der Waals surface area contributed by atoms with Crippen molar-refractivity contribution in [1.29, 1.82) is 0 Å². The first kappa shape index (κ1) is 22.5. The van der Waals surface area contributed by atoms with Gasteiger partial charge in [-0.1, -0.05) is 53.0 Å². The third-order valence-corrected chi connectivity index (χ3v) is 7.57. The van der Waals surface area contributed by atoms with E-state index in [1.807, 2.05) is 43.0 Å². The van der Waals surface area contributed by atoms with Crippen LogP contribution in [0.3, 0.4) is 0 Å². The van der Waals surface area contributed by atoms with Gasteiger partial charge in [0.15, 0.2) is 0 Å². The quantitative estimate of drug-likeness (QED) is 0.255. The number of nitrogens with one attached hydrogen (secondary N) is 1. The molecule has 1 aliphatic rings. The van der Waals surface area contributed by atoms with E-state index in [0.29, 0.717) is 22.5 Å². The summed E-state index contributed by atoms with van der Waals surface area (Å²) in [5.74, 6) is 0.519. The molecule has 0 amide bonds. The van der Waals surface area contributed by atoms with Crippen LogP contribution in [0.4, 0.5) is 0 Å². The van der Waals surface area contributed by atoms with Gasteiger partial charge in [-0.05, 0) is 48.6 Å². The normalized spacial score (nSPS) is 15.3. The molecule has 0 saturated heterocycles. The van der Waals surface area contributed by atoms with Gasteiger partial charge in [-0.2, -0.15) is 0 Å². The van der Waals surface area contributed by atoms with Crippen LogP contribution >= 0.6 is 34.8 Å². The predicted octanol–water partition coefficient (Wildman–Crippen LogP) is 7.89. The Morgan fingerprint density at radius 1 is 1.06 bits per heavy atom. The number of H-pyrrole nitrogens is 1. The van der Waals surface area contributed by atoms with E-state index in [-0.39, 0.29) is 6.04 Å². The number of hydrogen-bond donors (Lipinski definition) is 1. The van der Waals surface area contributed by atoms with Gasteiger partial charge in [0.05, 0.1) is 36.0 Å². The summed E-state index contributed by atoms with van der Waals surface area (Å²) >= 11 is 18.8. The molecule has 0 bridgehead atoms. The van der Waals surface area contributed by atoms with Gasteiger partial charge in [0.1, 0.15) is 6.61 Å². The van der Waals surface area contributed by atoms with Gasteiger partial charge in [0.25, 0.3) is 0 Å². The first-order valence-corrected chi connectivity index (χ1v) is 12.5. The summed E-state index contributed by atoms with van der Waals surface area (Å²) in [5.41, 5.74) is 6.37. The maximum atomic E-state index is 6.53. The largest absolute Gasteiger partial charge is 0.473 e. The number of hydrogen-bond acceptors (Lipinski definition) is 3. The van der Waals surface area contributed by atoms with Crippen molar-refractivity contribution in [2.45, 2.75) is 31.9 Å². The lowest BCUT2D eigenvalue weighted by Crippen LogP contribution is -2.17. The number of aromatic nitrogens is 4. The molecule has 6 rings (SSSR count). The Balaban J connectivity index is 1.34. The minimum Gasteiger partial charge on any atom is -0.473 e. The number of halogens is 3. The van der Waals surface area contributed by atoms with Crippen LogP contribution in [0.25, 0.3) is 22.2 Å². The van der Waals surface area contributed by atoms with Crippen molar-refractivity contribution in [2.24, 2.45) is 0 Å². The van der Waals surface area contributed by atoms with E-state index >= 15 is 0 Å². The van der Waals surface area contributed by atoms with Crippen molar-refractivity contribution in [3.05, 3.63) is 99.1 Å². The van der Waals surface area contributed by atoms with Crippen LogP contribution in [0.5, 0.6) is 5.88 Å². The minimum absolute atomic E-state index is 0.185. The Labute approximate surface area is 217 Å². The van der Waals surface area contributed by atoms with E-state index in [1.54, 1.807) is 18.3 Å². The number of fused-ring (bicyclic) bond motifs is 2. The number of rotatable bonds is 5. The summed E-state index contributed by atoms with van der Waals surface area (Å²) in [4.78, 5) is 12.3. The molecule has 0 spiro atoms. The summed E-state index contributed by atoms with van der Waals surface area (Å²) in [7, 11) is 0. The molecule has 5 aromatic rings. The molecule has 0 saturated carbocycles. The van der Waals surface area contributed by atoms with Gasteiger partial charge in [0.2, 0.25) is 5.88 Å². The molecule has 1 atom stereocenters. The molecule has 1 N–H and O–H groups in total. The highest BCUT2D eigenvalue weighted by molar-refractivity contribution is 6.35. The van der Waals surface area contributed by atoms with E-state index in [4.69, 9.17) is 39.5 Å². The molecule has 2 aromatic carbocycles. The molecule has 0 aliphatic heterocycles. The van der Waals surface area contributed by atoms with E-state index in [1.165, 1.54) is 11.1 Å². The van der Waals surface area contributed by atoms with Crippen molar-refractivity contribution >= 4 is 45.7 Å². The van der Waals surface area contributed by atoms with E-state index in [2.05, 4.69) is 25.6 Å². The second-order valence-corrected chi connectivity index (χ2v) is 9.95. The second kappa shape index (κ2) is 9.23. The maximum absolute atomic E-state index is 6.53. The Morgan fingerprint density at radius 2 is 1.97 bits per heavy atom. The van der Waals surface area contributed by atoms with Crippen molar-refractivity contribution in [3.8, 4) is 17.1 Å². The standard InChI is InChI=1S/C27H21Cl3N4O/c28-17-8-7-16(23(30)9-17)14-35-27-10-20-21(11-32-24(20)12-33-27)26-13-31-15-34(26)25-6-2-3-18-19(25)4-1-5-22(18)29/h1,4-5,7-13,15,25,32H,2-3,6,14H2. The van der Waals surface area contributed by atoms with Gasteiger partial charge in [-0.25, -0.2) is 9.97 Å². The Hall–Kier alpha value is -2.99. The number of benzene rings is 2. The monoisotopic (exact) mass is 522 g/mol. The molecule has 1 unspecified atom stereocenters. The smallest absolute Gasteiger partial charge is 0.214 e. The molecule has 0 fully saturated rings. The zero-order valence-electron chi connectivity index (χ0n) is 18.6. The summed E-state index contributed by atoms with van der Waals surface area (Å²) in [6, 6.07) is 13.7. The van der Waals surface area contributed by atoms with Gasteiger partial charge < -0.3 is 14.3 Å². The van der Waals surface area contributed by atoms with Crippen LogP contribution in [0.15, 0.2) is 67.4 Å². The fourth-order valence-electron chi connectivity index (χ4n) is 4.91. The van der Waals surface area contributed by atoms with Crippen LogP contribution in [-0.2, 0) is 13.0 Å². The number of imidazole rings is 1. The molecule has 0 radical (unpaired) electrons. The lowest BCUT2D eigenvalue weighted by Gasteiger charge is -2.28. The summed E-state index contributed by atoms with van der Waals surface area (Å²) < 4.78 is 8.23. The molecule has 1 aliphatic carbocycles. The minimum atomic E-state index is 0.185. The van der Waals surface area contributed by atoms with Crippen molar-refractivity contribution in [1.82, 2.24) is 19.5 Å². The second-order valence-electron chi connectivity index (χ2n) is 8.70. The maximum Gasteiger partial charge on any atom is 0.214 e. The lowest BCUT2D eigenvalue weighted by molar-refractivity contribution is 0.294. The van der Waals surface area contributed by atoms with E-state index < -0.39 is 0 Å². The zero-order chi connectivity index (χ0) is 23.9. The number of pyridine rings is 1. The molecule has 5 nitrogen and oxygen atoms in total. The molecule has 3 heterocycles. The van der Waals surface area contributed by atoms with Crippen molar-refractivity contribution < 1.29 is 4.74 Å². The molecular formula is C27H21Cl3N4O. The van der Waals surface area contributed by atoms with Crippen LogP contribution < -0.4 is 4.74 Å².